The molecule has 3 N–H and O–H groups in total. The smallest absolute Gasteiger partial charge is 0.0634 e. The summed E-state index contributed by atoms with van der Waals surface area (Å²) in [6.07, 6.45) is 4.74. The number of nitrogens with two attached hydrogens (primary N) is 1. The predicted molar refractivity (Wildman–Crippen MR) is 84.7 cm³/mol. The second kappa shape index (κ2) is 6.00. The van der Waals surface area contributed by atoms with Crippen molar-refractivity contribution in [2.75, 3.05) is 0 Å². The second-order valence-corrected chi connectivity index (χ2v) is 6.08. The van der Waals surface area contributed by atoms with Gasteiger partial charge in [-0.3, -0.25) is 16.0 Å². The first-order valence-corrected chi connectivity index (χ1v) is 7.73. The fourth-order valence-electron chi connectivity index (χ4n) is 3.61. The summed E-state index contributed by atoms with van der Waals surface area (Å²) in [7, 11) is 1.99. The fourth-order valence-corrected chi connectivity index (χ4v) is 3.61. The van der Waals surface area contributed by atoms with E-state index in [0.29, 0.717) is 5.92 Å². The second-order valence-electron chi connectivity index (χ2n) is 6.08. The van der Waals surface area contributed by atoms with Gasteiger partial charge in [0, 0.05) is 7.05 Å². The number of aromatic nitrogens is 2. The van der Waals surface area contributed by atoms with E-state index in [1.54, 1.807) is 0 Å². The van der Waals surface area contributed by atoms with Crippen molar-refractivity contribution < 1.29 is 0 Å². The van der Waals surface area contributed by atoms with Crippen molar-refractivity contribution in [2.24, 2.45) is 12.9 Å². The normalized spacial score (nSPS) is 19.3. The highest BCUT2D eigenvalue weighted by molar-refractivity contribution is 5.33. The Hall–Kier alpha value is -1.65. The molecule has 4 heteroatoms. The summed E-state index contributed by atoms with van der Waals surface area (Å²) in [5.41, 5.74) is 8.20. The molecule has 1 aliphatic carbocycles. The molecule has 0 aliphatic heterocycles. The zero-order valence-electron chi connectivity index (χ0n) is 12.8. The van der Waals surface area contributed by atoms with Gasteiger partial charge in [-0.2, -0.15) is 5.10 Å². The first-order chi connectivity index (χ1) is 10.2. The Balaban J connectivity index is 1.84. The molecule has 3 rings (SSSR count). The Kier molecular flexibility index (Phi) is 4.08. The molecule has 0 amide bonds. The van der Waals surface area contributed by atoms with E-state index in [9.17, 15) is 0 Å². The van der Waals surface area contributed by atoms with Crippen LogP contribution in [0.15, 0.2) is 30.3 Å². The first kappa shape index (κ1) is 14.3. The first-order valence-electron chi connectivity index (χ1n) is 7.73. The van der Waals surface area contributed by atoms with Gasteiger partial charge in [0.2, 0.25) is 0 Å². The molecule has 21 heavy (non-hydrogen) atoms. The standard InChI is InChI=1S/C17H24N4/c1-12-10-17(21(2)20-12)16(19-18)11-14-8-5-7-13-6-3-4-9-15(13)14/h3-4,6,9-10,14,16,19H,5,7-8,11,18H2,1-2H3. The molecule has 2 aromatic rings. The van der Waals surface area contributed by atoms with Gasteiger partial charge in [0.25, 0.3) is 0 Å². The molecule has 4 nitrogen and oxygen atoms in total. The molecular formula is C17H24N4. The SMILES string of the molecule is Cc1cc(C(CC2CCCc3ccccc32)NN)n(C)n1. The predicted octanol–water partition coefficient (Wildman–Crippen LogP) is 2.74. The molecule has 2 unspecified atom stereocenters. The Morgan fingerprint density at radius 2 is 2.24 bits per heavy atom. The van der Waals surface area contributed by atoms with Gasteiger partial charge in [0.1, 0.15) is 0 Å². The summed E-state index contributed by atoms with van der Waals surface area (Å²) in [6, 6.07) is 11.1. The number of benzene rings is 1. The Labute approximate surface area is 126 Å². The van der Waals surface area contributed by atoms with Crippen LogP contribution >= 0.6 is 0 Å². The minimum atomic E-state index is 0.146. The molecule has 0 radical (unpaired) electrons. The van der Waals surface area contributed by atoms with Gasteiger partial charge in [0.15, 0.2) is 0 Å². The summed E-state index contributed by atoms with van der Waals surface area (Å²) < 4.78 is 1.94. The number of hydrazine groups is 1. The van der Waals surface area contributed by atoms with Crippen LogP contribution in [0.5, 0.6) is 0 Å². The molecule has 0 saturated carbocycles. The third kappa shape index (κ3) is 2.87. The number of hydrogen-bond donors (Lipinski definition) is 2. The van der Waals surface area contributed by atoms with E-state index >= 15 is 0 Å². The van der Waals surface area contributed by atoms with Crippen LogP contribution in [-0.2, 0) is 13.5 Å². The van der Waals surface area contributed by atoms with E-state index in [1.807, 2.05) is 18.7 Å². The summed E-state index contributed by atoms with van der Waals surface area (Å²) >= 11 is 0. The molecule has 0 bridgehead atoms. The van der Waals surface area contributed by atoms with Gasteiger partial charge >= 0.3 is 0 Å². The van der Waals surface area contributed by atoms with Crippen molar-refractivity contribution in [3.8, 4) is 0 Å². The van der Waals surface area contributed by atoms with Crippen LogP contribution in [-0.4, -0.2) is 9.78 Å². The average molecular weight is 284 g/mol. The number of nitrogens with zero attached hydrogens (tertiary/aromatic N) is 2. The lowest BCUT2D eigenvalue weighted by Crippen LogP contribution is -2.31. The maximum atomic E-state index is 5.83. The average Bonchev–Trinajstić information content (AvgIpc) is 2.83. The summed E-state index contributed by atoms with van der Waals surface area (Å²) in [4.78, 5) is 0. The van der Waals surface area contributed by atoms with Crippen molar-refractivity contribution in [3.05, 3.63) is 52.8 Å². The van der Waals surface area contributed by atoms with Gasteiger partial charge < -0.3 is 0 Å². The largest absolute Gasteiger partial charge is 0.271 e. The van der Waals surface area contributed by atoms with Crippen LogP contribution in [0.1, 0.15) is 53.7 Å². The molecule has 0 spiro atoms. The van der Waals surface area contributed by atoms with Gasteiger partial charge in [0.05, 0.1) is 17.4 Å². The lowest BCUT2D eigenvalue weighted by Gasteiger charge is -2.28. The monoisotopic (exact) mass is 284 g/mol. The van der Waals surface area contributed by atoms with E-state index in [4.69, 9.17) is 5.84 Å². The highest BCUT2D eigenvalue weighted by Crippen LogP contribution is 2.37. The molecule has 1 aromatic carbocycles. The van der Waals surface area contributed by atoms with Crippen LogP contribution in [0.25, 0.3) is 0 Å². The zero-order chi connectivity index (χ0) is 14.8. The molecule has 0 saturated heterocycles. The van der Waals surface area contributed by atoms with Gasteiger partial charge in [-0.1, -0.05) is 24.3 Å². The molecule has 112 valence electrons. The summed E-state index contributed by atoms with van der Waals surface area (Å²) in [5, 5.41) is 4.44. The molecular weight excluding hydrogens is 260 g/mol. The third-order valence-electron chi connectivity index (χ3n) is 4.61. The topological polar surface area (TPSA) is 55.9 Å². The summed E-state index contributed by atoms with van der Waals surface area (Å²) in [5.74, 6) is 6.40. The molecule has 1 heterocycles. The highest BCUT2D eigenvalue weighted by atomic mass is 15.3. The van der Waals surface area contributed by atoms with E-state index in [2.05, 4.69) is 40.9 Å². The maximum Gasteiger partial charge on any atom is 0.0634 e. The van der Waals surface area contributed by atoms with Crippen molar-refractivity contribution in [1.82, 2.24) is 15.2 Å². The van der Waals surface area contributed by atoms with Crippen LogP contribution in [0.2, 0.25) is 0 Å². The molecule has 2 atom stereocenters. The zero-order valence-corrected chi connectivity index (χ0v) is 12.8. The van der Waals surface area contributed by atoms with Crippen LogP contribution in [0.3, 0.4) is 0 Å². The lowest BCUT2D eigenvalue weighted by atomic mass is 9.79. The van der Waals surface area contributed by atoms with Crippen LogP contribution in [0.4, 0.5) is 0 Å². The van der Waals surface area contributed by atoms with Crippen molar-refractivity contribution in [3.63, 3.8) is 0 Å². The van der Waals surface area contributed by atoms with Crippen LogP contribution < -0.4 is 11.3 Å². The van der Waals surface area contributed by atoms with E-state index < -0.39 is 0 Å². The number of aryl methyl sites for hydroxylation is 3. The van der Waals surface area contributed by atoms with E-state index in [-0.39, 0.29) is 6.04 Å². The Morgan fingerprint density at radius 3 is 2.95 bits per heavy atom. The third-order valence-corrected chi connectivity index (χ3v) is 4.61. The maximum absolute atomic E-state index is 5.83. The molecule has 1 aliphatic rings. The van der Waals surface area contributed by atoms with Crippen molar-refractivity contribution >= 4 is 0 Å². The number of fused-ring (bicyclic) bond motifs is 1. The minimum Gasteiger partial charge on any atom is -0.271 e. The number of hydrogen-bond acceptors (Lipinski definition) is 3. The van der Waals surface area contributed by atoms with Gasteiger partial charge in [-0.05, 0) is 55.7 Å². The van der Waals surface area contributed by atoms with Gasteiger partial charge in [-0.15, -0.1) is 0 Å². The summed E-state index contributed by atoms with van der Waals surface area (Å²) in [6.45, 7) is 2.02. The van der Waals surface area contributed by atoms with Crippen molar-refractivity contribution in [2.45, 2.75) is 44.6 Å². The van der Waals surface area contributed by atoms with E-state index in [1.165, 1.54) is 30.4 Å². The van der Waals surface area contributed by atoms with Crippen LogP contribution in [0, 0.1) is 6.92 Å². The molecule has 0 fully saturated rings. The van der Waals surface area contributed by atoms with Crippen molar-refractivity contribution in [1.29, 1.82) is 0 Å². The highest BCUT2D eigenvalue weighted by Gasteiger charge is 2.25. The lowest BCUT2D eigenvalue weighted by molar-refractivity contribution is 0.408. The fraction of sp³-hybridized carbons (Fsp3) is 0.471. The minimum absolute atomic E-state index is 0.146. The Bertz CT molecular complexity index is 617. The quantitative estimate of drug-likeness (QED) is 0.670. The number of rotatable bonds is 4. The molecule has 1 aromatic heterocycles. The van der Waals surface area contributed by atoms with E-state index in [0.717, 1.165) is 17.8 Å². The Morgan fingerprint density at radius 1 is 1.43 bits per heavy atom. The number of nitrogens with one attached hydrogen (secondary N) is 1. The van der Waals surface area contributed by atoms with Gasteiger partial charge in [-0.25, -0.2) is 0 Å².